The van der Waals surface area contributed by atoms with Gasteiger partial charge in [0, 0.05) is 26.4 Å². The molecule has 0 bridgehead atoms. The van der Waals surface area contributed by atoms with Crippen molar-refractivity contribution in [3.8, 4) is 0 Å². The van der Waals surface area contributed by atoms with Gasteiger partial charge in [-0.15, -0.1) is 0 Å². The van der Waals surface area contributed by atoms with Gasteiger partial charge in [-0.2, -0.15) is 0 Å². The third-order valence-electron chi connectivity index (χ3n) is 2.49. The van der Waals surface area contributed by atoms with Crippen LogP contribution in [0.25, 0.3) is 0 Å². The van der Waals surface area contributed by atoms with Gasteiger partial charge in [0.2, 0.25) is 0 Å². The number of carbonyl (C=O) groups is 1. The quantitative estimate of drug-likeness (QED) is 0.609. The van der Waals surface area contributed by atoms with Gasteiger partial charge in [0.1, 0.15) is 0 Å². The Morgan fingerprint density at radius 3 is 2.29 bits per heavy atom. The monoisotopic (exact) mass is 280 g/mol. The molecule has 0 aliphatic rings. The molecule has 0 aromatic heterocycles. The molecule has 86 valence electrons. The first-order valence-corrected chi connectivity index (χ1v) is 6.90. The van der Waals surface area contributed by atoms with Crippen LogP contribution in [0.1, 0.15) is 15.9 Å². The highest BCUT2D eigenvalue weighted by atomic mass is 35.5. The molecule has 0 amide bonds. The second-order valence-electron chi connectivity index (χ2n) is 3.82. The van der Waals surface area contributed by atoms with Gasteiger partial charge in [0.25, 0.3) is 0 Å². The number of benzene rings is 2. The molecule has 0 spiro atoms. The molecule has 0 saturated heterocycles. The zero-order chi connectivity index (χ0) is 12.4. The van der Waals surface area contributed by atoms with Crippen molar-refractivity contribution in [2.24, 2.45) is 0 Å². The van der Waals surface area contributed by atoms with Gasteiger partial charge in [0.05, 0.1) is 5.02 Å². The predicted molar refractivity (Wildman–Crippen MR) is 75.9 cm³/mol. The summed E-state index contributed by atoms with van der Waals surface area (Å²) in [7, 11) is 0.976. The normalized spacial score (nSPS) is 10.5. The Morgan fingerprint density at radius 2 is 1.65 bits per heavy atom. The van der Waals surface area contributed by atoms with Crippen LogP contribution in [0.3, 0.4) is 0 Å². The summed E-state index contributed by atoms with van der Waals surface area (Å²) in [5, 5.41) is 2.19. The number of halogens is 2. The molecule has 0 atom stereocenters. The number of rotatable bonds is 2. The molecule has 0 aliphatic carbocycles. The molecule has 0 saturated carbocycles. The van der Waals surface area contributed by atoms with Crippen LogP contribution in [-0.4, -0.2) is 16.0 Å². The SMILES string of the molecule is O=C(c1ccc([SiH3])cc1)c1cc(Cl)ccc1Cl. The fourth-order valence-corrected chi connectivity index (χ4v) is 2.24. The summed E-state index contributed by atoms with van der Waals surface area (Å²) in [5.41, 5.74) is 1.08. The molecule has 0 aliphatic heterocycles. The molecule has 2 aromatic rings. The number of hydrogen-bond donors (Lipinski definition) is 0. The molecular formula is C13H10Cl2OSi. The first-order chi connectivity index (χ1) is 8.08. The molecule has 1 nitrogen and oxygen atoms in total. The zero-order valence-electron chi connectivity index (χ0n) is 9.21. The molecule has 0 heterocycles. The van der Waals surface area contributed by atoms with Crippen LogP contribution in [0, 0.1) is 0 Å². The summed E-state index contributed by atoms with van der Waals surface area (Å²) in [6.45, 7) is 0. The fraction of sp³-hybridized carbons (Fsp3) is 0. The van der Waals surface area contributed by atoms with Crippen molar-refractivity contribution >= 4 is 44.4 Å². The minimum atomic E-state index is -0.0980. The summed E-state index contributed by atoms with van der Waals surface area (Å²) >= 11 is 11.9. The lowest BCUT2D eigenvalue weighted by molar-refractivity contribution is 0.103. The maximum Gasteiger partial charge on any atom is 0.194 e. The number of carbonyl (C=O) groups excluding carboxylic acids is 1. The molecule has 0 radical (unpaired) electrons. The van der Waals surface area contributed by atoms with E-state index in [9.17, 15) is 4.79 Å². The van der Waals surface area contributed by atoms with E-state index in [0.717, 1.165) is 10.2 Å². The van der Waals surface area contributed by atoms with Gasteiger partial charge in [-0.05, 0) is 18.2 Å². The Hall–Kier alpha value is -1.09. The van der Waals surface area contributed by atoms with E-state index in [1.165, 1.54) is 5.19 Å². The summed E-state index contributed by atoms with van der Waals surface area (Å²) in [5.74, 6) is -0.0980. The minimum Gasteiger partial charge on any atom is -0.289 e. The molecule has 0 fully saturated rings. The molecule has 2 aromatic carbocycles. The Kier molecular flexibility index (Phi) is 3.67. The van der Waals surface area contributed by atoms with E-state index in [-0.39, 0.29) is 5.78 Å². The van der Waals surface area contributed by atoms with Crippen LogP contribution < -0.4 is 5.19 Å². The first kappa shape index (κ1) is 12.4. The zero-order valence-corrected chi connectivity index (χ0v) is 12.7. The van der Waals surface area contributed by atoms with E-state index >= 15 is 0 Å². The molecule has 4 heteroatoms. The molecule has 0 unspecified atom stereocenters. The van der Waals surface area contributed by atoms with E-state index in [1.54, 1.807) is 18.2 Å². The molecule has 2 rings (SSSR count). The van der Waals surface area contributed by atoms with E-state index in [4.69, 9.17) is 23.2 Å². The van der Waals surface area contributed by atoms with Gasteiger partial charge in [-0.3, -0.25) is 4.79 Å². The average molecular weight is 281 g/mol. The van der Waals surface area contributed by atoms with Crippen molar-refractivity contribution < 1.29 is 4.79 Å². The second-order valence-corrected chi connectivity index (χ2v) is 5.82. The second kappa shape index (κ2) is 5.04. The van der Waals surface area contributed by atoms with Crippen LogP contribution in [0.2, 0.25) is 10.0 Å². The summed E-state index contributed by atoms with van der Waals surface area (Å²) < 4.78 is 0. The molecule has 0 N–H and O–H groups in total. The fourth-order valence-electron chi connectivity index (χ4n) is 1.53. The van der Waals surface area contributed by atoms with Crippen LogP contribution in [0.5, 0.6) is 0 Å². The Morgan fingerprint density at radius 1 is 1.00 bits per heavy atom. The highest BCUT2D eigenvalue weighted by Gasteiger charge is 2.12. The Balaban J connectivity index is 2.43. The van der Waals surface area contributed by atoms with Crippen molar-refractivity contribution in [2.75, 3.05) is 0 Å². The van der Waals surface area contributed by atoms with E-state index in [1.807, 2.05) is 24.3 Å². The number of ketones is 1. The summed E-state index contributed by atoms with van der Waals surface area (Å²) in [6, 6.07) is 12.5. The topological polar surface area (TPSA) is 17.1 Å². The van der Waals surface area contributed by atoms with E-state index in [2.05, 4.69) is 0 Å². The lowest BCUT2D eigenvalue weighted by Crippen LogP contribution is -2.06. The van der Waals surface area contributed by atoms with Crippen molar-refractivity contribution in [2.45, 2.75) is 0 Å². The van der Waals surface area contributed by atoms with E-state index in [0.29, 0.717) is 21.2 Å². The Labute approximate surface area is 113 Å². The lowest BCUT2D eigenvalue weighted by atomic mass is 10.0. The van der Waals surface area contributed by atoms with Crippen LogP contribution in [0.15, 0.2) is 42.5 Å². The maximum atomic E-state index is 12.2. The van der Waals surface area contributed by atoms with Gasteiger partial charge in [-0.1, -0.05) is 52.7 Å². The highest BCUT2D eigenvalue weighted by molar-refractivity contribution is 6.37. The standard InChI is InChI=1S/C13H10Cl2OSi/c14-9-3-6-12(15)11(7-9)13(16)8-1-4-10(17)5-2-8/h1-7H,17H3. The molecule has 17 heavy (non-hydrogen) atoms. The third kappa shape index (κ3) is 2.78. The lowest BCUT2D eigenvalue weighted by Gasteiger charge is -2.04. The van der Waals surface area contributed by atoms with Crippen LogP contribution in [-0.2, 0) is 0 Å². The van der Waals surface area contributed by atoms with Gasteiger partial charge in [-0.25, -0.2) is 0 Å². The minimum absolute atomic E-state index is 0.0980. The van der Waals surface area contributed by atoms with Crippen molar-refractivity contribution in [3.63, 3.8) is 0 Å². The summed E-state index contributed by atoms with van der Waals surface area (Å²) in [6.07, 6.45) is 0. The van der Waals surface area contributed by atoms with Crippen molar-refractivity contribution in [1.29, 1.82) is 0 Å². The highest BCUT2D eigenvalue weighted by Crippen LogP contribution is 2.23. The van der Waals surface area contributed by atoms with Gasteiger partial charge >= 0.3 is 0 Å². The van der Waals surface area contributed by atoms with Crippen molar-refractivity contribution in [3.05, 3.63) is 63.6 Å². The van der Waals surface area contributed by atoms with Crippen molar-refractivity contribution in [1.82, 2.24) is 0 Å². The van der Waals surface area contributed by atoms with Gasteiger partial charge in [0.15, 0.2) is 5.78 Å². The average Bonchev–Trinajstić information content (AvgIpc) is 2.32. The van der Waals surface area contributed by atoms with E-state index < -0.39 is 0 Å². The third-order valence-corrected chi connectivity index (χ3v) is 3.72. The van der Waals surface area contributed by atoms with Crippen LogP contribution in [0.4, 0.5) is 0 Å². The van der Waals surface area contributed by atoms with Crippen LogP contribution >= 0.6 is 23.2 Å². The van der Waals surface area contributed by atoms with Gasteiger partial charge < -0.3 is 0 Å². The largest absolute Gasteiger partial charge is 0.289 e. The summed E-state index contributed by atoms with van der Waals surface area (Å²) in [4.78, 5) is 12.2. The smallest absolute Gasteiger partial charge is 0.194 e. The number of hydrogen-bond acceptors (Lipinski definition) is 1. The Bertz CT molecular complexity index is 564. The first-order valence-electron chi connectivity index (χ1n) is 5.14. The maximum absolute atomic E-state index is 12.2. The predicted octanol–water partition coefficient (Wildman–Crippen LogP) is 2.22. The molecular weight excluding hydrogens is 271 g/mol.